The molecule has 2 aromatic heterocycles. The number of methoxy groups -OCH3 is 2. The normalized spacial score (nSPS) is 19.0. The second kappa shape index (κ2) is 6.80. The highest BCUT2D eigenvalue weighted by atomic mass is 16.5. The molecule has 2 aliphatic rings. The molecule has 1 aliphatic carbocycles. The van der Waals surface area contributed by atoms with Crippen molar-refractivity contribution >= 4 is 5.91 Å². The number of aromatic amines is 1. The summed E-state index contributed by atoms with van der Waals surface area (Å²) in [5.74, 6) is 0.953. The number of ether oxygens (including phenoxy) is 2. The van der Waals surface area contributed by atoms with E-state index in [-0.39, 0.29) is 11.8 Å². The second-order valence-electron chi connectivity index (χ2n) is 7.08. The van der Waals surface area contributed by atoms with Crippen molar-refractivity contribution in [2.24, 2.45) is 0 Å². The lowest BCUT2D eigenvalue weighted by Gasteiger charge is -2.37. The molecule has 9 heteroatoms. The van der Waals surface area contributed by atoms with Crippen LogP contribution in [0.2, 0.25) is 0 Å². The Bertz CT molecular complexity index is 840. The van der Waals surface area contributed by atoms with Gasteiger partial charge in [-0.25, -0.2) is 4.98 Å². The number of nitrogens with zero attached hydrogens (tertiary/aromatic N) is 4. The molecule has 1 amide bonds. The number of amides is 1. The molecule has 9 nitrogen and oxygen atoms in total. The largest absolute Gasteiger partial charge is 0.480 e. The van der Waals surface area contributed by atoms with Gasteiger partial charge in [0, 0.05) is 24.7 Å². The summed E-state index contributed by atoms with van der Waals surface area (Å²) >= 11 is 0. The molecule has 2 aromatic rings. The van der Waals surface area contributed by atoms with E-state index >= 15 is 0 Å². The molecule has 0 spiro atoms. The molecule has 1 saturated heterocycles. The lowest BCUT2D eigenvalue weighted by molar-refractivity contribution is -0.0266. The van der Waals surface area contributed by atoms with Crippen LogP contribution < -0.4 is 9.47 Å². The minimum absolute atomic E-state index is 0.118. The van der Waals surface area contributed by atoms with E-state index in [9.17, 15) is 9.90 Å². The van der Waals surface area contributed by atoms with Crippen LogP contribution in [0.25, 0.3) is 0 Å². The van der Waals surface area contributed by atoms with Crippen molar-refractivity contribution in [2.75, 3.05) is 27.3 Å². The van der Waals surface area contributed by atoms with Gasteiger partial charge in [-0.05, 0) is 31.7 Å². The number of likely N-dealkylation sites (tertiary alicyclic amines) is 1. The summed E-state index contributed by atoms with van der Waals surface area (Å²) in [4.78, 5) is 22.9. The molecule has 1 aliphatic heterocycles. The van der Waals surface area contributed by atoms with E-state index in [1.807, 2.05) is 6.07 Å². The third-order valence-electron chi connectivity index (χ3n) is 5.27. The summed E-state index contributed by atoms with van der Waals surface area (Å²) in [6.07, 6.45) is 4.44. The van der Waals surface area contributed by atoms with Crippen LogP contribution in [0.4, 0.5) is 0 Å². The van der Waals surface area contributed by atoms with Gasteiger partial charge >= 0.3 is 0 Å². The summed E-state index contributed by atoms with van der Waals surface area (Å²) < 4.78 is 10.3. The third kappa shape index (κ3) is 3.34. The molecule has 0 atom stereocenters. The summed E-state index contributed by atoms with van der Waals surface area (Å²) in [6.45, 7) is 0.801. The van der Waals surface area contributed by atoms with Crippen LogP contribution in [-0.2, 0) is 5.60 Å². The number of carbonyl (C=O) groups is 1. The van der Waals surface area contributed by atoms with Gasteiger partial charge in [0.25, 0.3) is 5.91 Å². The molecule has 144 valence electrons. The molecule has 0 unspecified atom stereocenters. The fourth-order valence-electron chi connectivity index (χ4n) is 3.44. The first-order valence-corrected chi connectivity index (χ1v) is 9.06. The quantitative estimate of drug-likeness (QED) is 0.810. The van der Waals surface area contributed by atoms with Crippen molar-refractivity contribution in [1.29, 1.82) is 0 Å². The van der Waals surface area contributed by atoms with Crippen LogP contribution in [0, 0.1) is 0 Å². The highest BCUT2D eigenvalue weighted by Gasteiger charge is 2.40. The minimum atomic E-state index is -1.20. The predicted molar refractivity (Wildman–Crippen MR) is 94.7 cm³/mol. The molecule has 1 saturated carbocycles. The van der Waals surface area contributed by atoms with Gasteiger partial charge in [-0.1, -0.05) is 0 Å². The summed E-state index contributed by atoms with van der Waals surface area (Å²) in [5.41, 5.74) is 0.634. The van der Waals surface area contributed by atoms with Gasteiger partial charge in [0.15, 0.2) is 0 Å². The van der Waals surface area contributed by atoms with Crippen molar-refractivity contribution in [2.45, 2.75) is 37.2 Å². The average Bonchev–Trinajstić information content (AvgIpc) is 3.44. The maximum Gasteiger partial charge on any atom is 0.274 e. The Morgan fingerprint density at radius 3 is 2.67 bits per heavy atom. The fourth-order valence-corrected chi connectivity index (χ4v) is 3.44. The monoisotopic (exact) mass is 373 g/mol. The van der Waals surface area contributed by atoms with E-state index in [1.165, 1.54) is 20.4 Å². The lowest BCUT2D eigenvalue weighted by Crippen LogP contribution is -2.45. The molecule has 2 N–H and O–H groups in total. The van der Waals surface area contributed by atoms with Gasteiger partial charge in [-0.3, -0.25) is 9.89 Å². The van der Waals surface area contributed by atoms with E-state index in [0.29, 0.717) is 49.1 Å². The van der Waals surface area contributed by atoms with Crippen molar-refractivity contribution in [1.82, 2.24) is 25.1 Å². The van der Waals surface area contributed by atoms with E-state index in [2.05, 4.69) is 20.2 Å². The Labute approximate surface area is 156 Å². The number of piperidine rings is 1. The van der Waals surface area contributed by atoms with Crippen LogP contribution in [-0.4, -0.2) is 63.4 Å². The average molecular weight is 373 g/mol. The van der Waals surface area contributed by atoms with Crippen molar-refractivity contribution in [3.63, 3.8) is 0 Å². The standard InChI is InChI=1S/C18H23N5O4/c1-26-14-10-19-15(16(20-14)27-2)18(25)5-7-23(8-6-18)17(24)13-9-12(21-22-13)11-3-4-11/h9-11,25H,3-8H2,1-2H3,(H,21,22). The second-order valence-corrected chi connectivity index (χ2v) is 7.08. The molecular formula is C18H23N5O4. The molecule has 4 rings (SSSR count). The van der Waals surface area contributed by atoms with Gasteiger partial charge < -0.3 is 19.5 Å². The van der Waals surface area contributed by atoms with E-state index in [0.717, 1.165) is 18.5 Å². The van der Waals surface area contributed by atoms with E-state index in [1.54, 1.807) is 4.90 Å². The summed E-state index contributed by atoms with van der Waals surface area (Å²) in [7, 11) is 2.97. The van der Waals surface area contributed by atoms with Gasteiger partial charge in [-0.15, -0.1) is 0 Å². The molecule has 27 heavy (non-hydrogen) atoms. The van der Waals surface area contributed by atoms with Crippen molar-refractivity contribution in [3.8, 4) is 11.8 Å². The lowest BCUT2D eigenvalue weighted by atomic mass is 9.88. The van der Waals surface area contributed by atoms with Crippen molar-refractivity contribution < 1.29 is 19.4 Å². The molecule has 0 bridgehead atoms. The van der Waals surface area contributed by atoms with Crippen LogP contribution >= 0.6 is 0 Å². The SMILES string of the molecule is COc1cnc(C2(O)CCN(C(=O)c3cc(C4CC4)[nH]n3)CC2)c(OC)n1. The Balaban J connectivity index is 1.46. The van der Waals surface area contributed by atoms with Crippen molar-refractivity contribution in [3.05, 3.63) is 29.3 Å². The van der Waals surface area contributed by atoms with Crippen LogP contribution in [0.3, 0.4) is 0 Å². The van der Waals surface area contributed by atoms with Gasteiger partial charge in [0.05, 0.1) is 20.4 Å². The van der Waals surface area contributed by atoms with Gasteiger partial charge in [0.1, 0.15) is 17.0 Å². The first kappa shape index (κ1) is 17.7. The smallest absolute Gasteiger partial charge is 0.274 e. The summed E-state index contributed by atoms with van der Waals surface area (Å²) in [5, 5.41) is 18.2. The number of H-pyrrole nitrogens is 1. The number of nitrogens with one attached hydrogen (secondary N) is 1. The Kier molecular flexibility index (Phi) is 4.47. The Morgan fingerprint density at radius 1 is 1.30 bits per heavy atom. The molecular weight excluding hydrogens is 350 g/mol. The first-order chi connectivity index (χ1) is 13.0. The predicted octanol–water partition coefficient (Wildman–Crippen LogP) is 1.22. The maximum atomic E-state index is 12.7. The van der Waals surface area contributed by atoms with Crippen LogP contribution in [0.15, 0.2) is 12.3 Å². The Morgan fingerprint density at radius 2 is 2.04 bits per heavy atom. The number of carbonyl (C=O) groups excluding carboxylic acids is 1. The molecule has 0 radical (unpaired) electrons. The number of aliphatic hydroxyl groups is 1. The molecule has 2 fully saturated rings. The van der Waals surface area contributed by atoms with Crippen LogP contribution in [0.1, 0.15) is 53.5 Å². The van der Waals surface area contributed by atoms with Crippen LogP contribution in [0.5, 0.6) is 11.8 Å². The zero-order chi connectivity index (χ0) is 19.0. The highest BCUT2D eigenvalue weighted by molar-refractivity contribution is 5.92. The van der Waals surface area contributed by atoms with Gasteiger partial charge in [-0.2, -0.15) is 10.1 Å². The van der Waals surface area contributed by atoms with E-state index < -0.39 is 5.60 Å². The maximum absolute atomic E-state index is 12.7. The third-order valence-corrected chi connectivity index (χ3v) is 5.27. The summed E-state index contributed by atoms with van der Waals surface area (Å²) in [6, 6.07) is 1.85. The fraction of sp³-hybridized carbons (Fsp3) is 0.556. The first-order valence-electron chi connectivity index (χ1n) is 9.06. The number of rotatable bonds is 5. The van der Waals surface area contributed by atoms with E-state index in [4.69, 9.17) is 9.47 Å². The zero-order valence-electron chi connectivity index (χ0n) is 15.4. The van der Waals surface area contributed by atoms with Gasteiger partial charge in [0.2, 0.25) is 11.8 Å². The number of hydrogen-bond acceptors (Lipinski definition) is 7. The topological polar surface area (TPSA) is 113 Å². The number of aromatic nitrogens is 4. The Hall–Kier alpha value is -2.68. The molecule has 3 heterocycles. The highest BCUT2D eigenvalue weighted by Crippen LogP contribution is 2.39. The zero-order valence-corrected chi connectivity index (χ0v) is 15.4. The number of hydrogen-bond donors (Lipinski definition) is 2. The minimum Gasteiger partial charge on any atom is -0.480 e. The molecule has 0 aromatic carbocycles.